The molecular formula is C20H19O3P. The van der Waals surface area contributed by atoms with Crippen molar-refractivity contribution in [2.75, 3.05) is 0 Å². The van der Waals surface area contributed by atoms with E-state index in [9.17, 15) is 9.46 Å². The molecule has 3 aromatic carbocycles. The number of hydrogen-bond acceptors (Lipinski definition) is 2. The summed E-state index contributed by atoms with van der Waals surface area (Å²) in [6, 6.07) is 22.3. The van der Waals surface area contributed by atoms with Crippen molar-refractivity contribution < 1.29 is 14.0 Å². The predicted molar refractivity (Wildman–Crippen MR) is 97.9 cm³/mol. The van der Waals surface area contributed by atoms with Crippen molar-refractivity contribution in [2.45, 2.75) is 13.8 Å². The second-order valence-electron chi connectivity index (χ2n) is 5.74. The van der Waals surface area contributed by atoms with Crippen LogP contribution in [-0.4, -0.2) is 4.89 Å². The van der Waals surface area contributed by atoms with E-state index in [1.807, 2.05) is 55.5 Å². The molecule has 0 fully saturated rings. The first-order chi connectivity index (χ1) is 11.5. The Labute approximate surface area is 142 Å². The number of rotatable bonds is 4. The molecule has 4 heteroatoms. The molecule has 0 bridgehead atoms. The van der Waals surface area contributed by atoms with Crippen molar-refractivity contribution in [2.24, 2.45) is 0 Å². The number of benzene rings is 3. The molecule has 0 aliphatic heterocycles. The van der Waals surface area contributed by atoms with Gasteiger partial charge in [0.25, 0.3) is 0 Å². The van der Waals surface area contributed by atoms with Crippen LogP contribution in [0.4, 0.5) is 0 Å². The third-order valence-electron chi connectivity index (χ3n) is 3.94. The molecule has 1 N–H and O–H groups in total. The van der Waals surface area contributed by atoms with E-state index < -0.39 is 7.60 Å². The molecule has 0 aliphatic rings. The lowest BCUT2D eigenvalue weighted by Gasteiger charge is -2.16. The summed E-state index contributed by atoms with van der Waals surface area (Å²) in [5.74, 6) is 0.383. The van der Waals surface area contributed by atoms with Crippen molar-refractivity contribution >= 4 is 12.9 Å². The average molecular weight is 338 g/mol. The molecule has 0 saturated heterocycles. The summed E-state index contributed by atoms with van der Waals surface area (Å²) in [6.45, 7) is 3.80. The highest BCUT2D eigenvalue weighted by atomic mass is 31.2. The van der Waals surface area contributed by atoms with Gasteiger partial charge in [0, 0.05) is 0 Å². The first kappa shape index (κ1) is 16.5. The van der Waals surface area contributed by atoms with Crippen molar-refractivity contribution in [3.8, 4) is 16.9 Å². The highest BCUT2D eigenvalue weighted by Crippen LogP contribution is 2.43. The Morgan fingerprint density at radius 1 is 0.833 bits per heavy atom. The van der Waals surface area contributed by atoms with Gasteiger partial charge in [0.1, 0.15) is 5.75 Å². The van der Waals surface area contributed by atoms with Gasteiger partial charge in [-0.3, -0.25) is 0 Å². The first-order valence-corrected chi connectivity index (χ1v) is 9.30. The minimum atomic E-state index is -3.93. The molecule has 24 heavy (non-hydrogen) atoms. The highest BCUT2D eigenvalue weighted by molar-refractivity contribution is 7.61. The monoisotopic (exact) mass is 338 g/mol. The van der Waals surface area contributed by atoms with Gasteiger partial charge in [-0.2, -0.15) is 0 Å². The molecular weight excluding hydrogens is 319 g/mol. The van der Waals surface area contributed by atoms with Crippen molar-refractivity contribution in [3.05, 3.63) is 83.9 Å². The second kappa shape index (κ2) is 6.64. The van der Waals surface area contributed by atoms with Gasteiger partial charge in [-0.1, -0.05) is 54.6 Å². The van der Waals surface area contributed by atoms with Crippen LogP contribution in [0.15, 0.2) is 72.8 Å². The molecule has 0 aliphatic carbocycles. The van der Waals surface area contributed by atoms with Crippen LogP contribution in [0, 0.1) is 13.8 Å². The maximum Gasteiger partial charge on any atom is 0.408 e. The summed E-state index contributed by atoms with van der Waals surface area (Å²) in [7, 11) is -3.93. The SMILES string of the molecule is Cc1ccc(OP(=O)(O)c2ccccc2C)cc1-c1ccccc1. The lowest BCUT2D eigenvalue weighted by Crippen LogP contribution is -2.12. The van der Waals surface area contributed by atoms with Crippen LogP contribution in [-0.2, 0) is 4.57 Å². The minimum absolute atomic E-state index is 0.326. The Morgan fingerprint density at radius 3 is 2.21 bits per heavy atom. The van der Waals surface area contributed by atoms with Crippen LogP contribution < -0.4 is 9.83 Å². The summed E-state index contributed by atoms with van der Waals surface area (Å²) >= 11 is 0. The van der Waals surface area contributed by atoms with Gasteiger partial charge < -0.3 is 9.42 Å². The van der Waals surface area contributed by atoms with Gasteiger partial charge in [-0.05, 0) is 54.3 Å². The Hall–Kier alpha value is -2.35. The third kappa shape index (κ3) is 3.43. The fourth-order valence-electron chi connectivity index (χ4n) is 2.66. The third-order valence-corrected chi connectivity index (χ3v) is 5.51. The van der Waals surface area contributed by atoms with E-state index in [2.05, 4.69) is 0 Å². The van der Waals surface area contributed by atoms with E-state index >= 15 is 0 Å². The zero-order chi connectivity index (χ0) is 17.2. The largest absolute Gasteiger partial charge is 0.421 e. The van der Waals surface area contributed by atoms with Crippen LogP contribution in [0.3, 0.4) is 0 Å². The van der Waals surface area contributed by atoms with E-state index in [1.54, 1.807) is 31.2 Å². The minimum Gasteiger partial charge on any atom is -0.421 e. The average Bonchev–Trinajstić information content (AvgIpc) is 2.57. The van der Waals surface area contributed by atoms with Crippen LogP contribution >= 0.6 is 7.60 Å². The molecule has 122 valence electrons. The summed E-state index contributed by atoms with van der Waals surface area (Å²) < 4.78 is 18.2. The van der Waals surface area contributed by atoms with Gasteiger partial charge in [0.05, 0.1) is 5.30 Å². The zero-order valence-electron chi connectivity index (χ0n) is 13.6. The van der Waals surface area contributed by atoms with Gasteiger partial charge in [-0.25, -0.2) is 4.57 Å². The predicted octanol–water partition coefficient (Wildman–Crippen LogP) is 4.86. The van der Waals surface area contributed by atoms with Crippen molar-refractivity contribution in [3.63, 3.8) is 0 Å². The second-order valence-corrected chi connectivity index (χ2v) is 7.45. The lowest BCUT2D eigenvalue weighted by atomic mass is 10.0. The van der Waals surface area contributed by atoms with E-state index in [0.717, 1.165) is 22.3 Å². The maximum atomic E-state index is 12.7. The Balaban J connectivity index is 1.97. The van der Waals surface area contributed by atoms with Gasteiger partial charge in [0.2, 0.25) is 0 Å². The molecule has 3 nitrogen and oxygen atoms in total. The van der Waals surface area contributed by atoms with Gasteiger partial charge in [-0.15, -0.1) is 0 Å². The van der Waals surface area contributed by atoms with Crippen LogP contribution in [0.2, 0.25) is 0 Å². The molecule has 1 unspecified atom stereocenters. The molecule has 0 amide bonds. The van der Waals surface area contributed by atoms with Gasteiger partial charge in [0.15, 0.2) is 0 Å². The normalized spacial score (nSPS) is 13.3. The standard InChI is InChI=1S/C20H19O3P/c1-15-12-13-18(14-19(15)17-9-4-3-5-10-17)23-24(21,22)20-11-7-6-8-16(20)2/h3-14H,1-2H3,(H,21,22). The number of aryl methyl sites for hydroxylation is 2. The summed E-state index contributed by atoms with van der Waals surface area (Å²) in [6.07, 6.45) is 0. The fraction of sp³-hybridized carbons (Fsp3) is 0.100. The topological polar surface area (TPSA) is 46.5 Å². The van der Waals surface area contributed by atoms with Crippen LogP contribution in [0.1, 0.15) is 11.1 Å². The van der Waals surface area contributed by atoms with E-state index in [1.165, 1.54) is 0 Å². The molecule has 0 spiro atoms. The molecule has 0 saturated carbocycles. The summed E-state index contributed by atoms with van der Waals surface area (Å²) in [5.41, 5.74) is 3.85. The molecule has 0 radical (unpaired) electrons. The first-order valence-electron chi connectivity index (χ1n) is 7.72. The highest BCUT2D eigenvalue weighted by Gasteiger charge is 2.26. The quantitative estimate of drug-likeness (QED) is 0.691. The van der Waals surface area contributed by atoms with Gasteiger partial charge >= 0.3 is 7.60 Å². The number of hydrogen-bond donors (Lipinski definition) is 1. The Morgan fingerprint density at radius 2 is 1.50 bits per heavy atom. The Bertz CT molecular complexity index is 904. The van der Waals surface area contributed by atoms with Crippen molar-refractivity contribution in [1.29, 1.82) is 0 Å². The molecule has 3 aromatic rings. The van der Waals surface area contributed by atoms with E-state index in [4.69, 9.17) is 4.52 Å². The fourth-order valence-corrected chi connectivity index (χ4v) is 3.95. The van der Waals surface area contributed by atoms with E-state index in [0.29, 0.717) is 11.1 Å². The molecule has 0 heterocycles. The maximum absolute atomic E-state index is 12.7. The summed E-state index contributed by atoms with van der Waals surface area (Å²) in [4.78, 5) is 10.4. The molecule has 1 atom stereocenters. The van der Waals surface area contributed by atoms with Crippen LogP contribution in [0.25, 0.3) is 11.1 Å². The van der Waals surface area contributed by atoms with E-state index in [-0.39, 0.29) is 0 Å². The van der Waals surface area contributed by atoms with Crippen molar-refractivity contribution in [1.82, 2.24) is 0 Å². The zero-order valence-corrected chi connectivity index (χ0v) is 14.5. The molecule has 3 rings (SSSR count). The lowest BCUT2D eigenvalue weighted by molar-refractivity contribution is 0.393. The summed E-state index contributed by atoms with van der Waals surface area (Å²) in [5, 5.41) is 0.326. The Kier molecular flexibility index (Phi) is 4.57. The smallest absolute Gasteiger partial charge is 0.408 e. The molecule has 0 aromatic heterocycles. The van der Waals surface area contributed by atoms with Crippen LogP contribution in [0.5, 0.6) is 5.75 Å².